The van der Waals surface area contributed by atoms with Crippen LogP contribution in [0.1, 0.15) is 66.7 Å². The second-order valence-corrected chi connectivity index (χ2v) is 13.8. The van der Waals surface area contributed by atoms with E-state index in [4.69, 9.17) is 9.47 Å². The number of fused-ring (bicyclic) bond motifs is 4. The molecule has 0 radical (unpaired) electrons. The standard InChI is InChI=1S/C32H36FNO6S/c1-17-21-11-9-15-39-24(21)14-13-22(17)25-18(2)26-28-20(10-8-12-23(28)33)16-34(41(7,37)38)29(26)19(3)27(25)30(31(35)36)40-32(4,5)6/h8,10,12-14,30H,9,11,15-16H2,1-7H3,(H,35,36)/t30-/m0/s1. The van der Waals surface area contributed by atoms with E-state index in [0.717, 1.165) is 41.5 Å². The fraction of sp³-hybridized carbons (Fsp3) is 0.406. The molecule has 0 bridgehead atoms. The molecule has 1 N–H and O–H groups in total. The van der Waals surface area contributed by atoms with E-state index < -0.39 is 33.5 Å². The summed E-state index contributed by atoms with van der Waals surface area (Å²) in [6.07, 6.45) is 1.37. The van der Waals surface area contributed by atoms with Crippen molar-refractivity contribution < 1.29 is 32.2 Å². The SMILES string of the molecule is Cc1c(-c2c(C)c3c(c(C)c2[C@H](OC(C)(C)C)C(=O)O)N(S(C)(=O)=O)Cc2cccc(F)c2-3)ccc2c1CCCO2. The number of nitrogens with zero attached hydrogens (tertiary/aromatic N) is 1. The number of sulfonamides is 1. The van der Waals surface area contributed by atoms with Gasteiger partial charge in [-0.15, -0.1) is 0 Å². The summed E-state index contributed by atoms with van der Waals surface area (Å²) in [6.45, 7) is 11.4. The number of carboxylic acid groups (broad SMARTS) is 1. The molecule has 218 valence electrons. The van der Waals surface area contributed by atoms with Crippen molar-refractivity contribution in [2.24, 2.45) is 0 Å². The Balaban J connectivity index is 1.98. The molecule has 0 saturated heterocycles. The molecule has 3 aromatic carbocycles. The fourth-order valence-electron chi connectivity index (χ4n) is 6.26. The highest BCUT2D eigenvalue weighted by Crippen LogP contribution is 2.53. The fourth-order valence-corrected chi connectivity index (χ4v) is 7.20. The summed E-state index contributed by atoms with van der Waals surface area (Å²) in [4.78, 5) is 12.9. The molecular weight excluding hydrogens is 545 g/mol. The minimum Gasteiger partial charge on any atom is -0.493 e. The summed E-state index contributed by atoms with van der Waals surface area (Å²) in [5, 5.41) is 10.5. The lowest BCUT2D eigenvalue weighted by Gasteiger charge is -2.37. The second-order valence-electron chi connectivity index (χ2n) is 11.9. The molecule has 0 fully saturated rings. The van der Waals surface area contributed by atoms with Crippen molar-refractivity contribution in [1.29, 1.82) is 0 Å². The molecule has 0 aliphatic carbocycles. The van der Waals surface area contributed by atoms with E-state index in [9.17, 15) is 18.3 Å². The minimum atomic E-state index is -3.82. The topological polar surface area (TPSA) is 93.1 Å². The van der Waals surface area contributed by atoms with Crippen LogP contribution < -0.4 is 9.04 Å². The Bertz CT molecular complexity index is 1690. The molecule has 3 aromatic rings. The van der Waals surface area contributed by atoms with Gasteiger partial charge in [-0.25, -0.2) is 17.6 Å². The Hall–Kier alpha value is -3.43. The van der Waals surface area contributed by atoms with Crippen LogP contribution in [0.4, 0.5) is 10.1 Å². The first-order chi connectivity index (χ1) is 19.1. The first kappa shape index (κ1) is 29.1. The van der Waals surface area contributed by atoms with Crippen molar-refractivity contribution in [2.45, 2.75) is 72.6 Å². The summed E-state index contributed by atoms with van der Waals surface area (Å²) in [7, 11) is -3.82. The highest BCUT2D eigenvalue weighted by atomic mass is 32.2. The molecule has 2 aliphatic rings. The number of carbonyl (C=O) groups is 1. The van der Waals surface area contributed by atoms with Crippen molar-refractivity contribution in [3.8, 4) is 28.0 Å². The Morgan fingerprint density at radius 3 is 2.39 bits per heavy atom. The van der Waals surface area contributed by atoms with E-state index in [0.29, 0.717) is 45.6 Å². The van der Waals surface area contributed by atoms with E-state index in [-0.39, 0.29) is 12.2 Å². The van der Waals surface area contributed by atoms with Gasteiger partial charge in [0.15, 0.2) is 6.10 Å². The van der Waals surface area contributed by atoms with Crippen molar-refractivity contribution >= 4 is 21.7 Å². The number of benzene rings is 3. The van der Waals surface area contributed by atoms with Crippen LogP contribution in [0.15, 0.2) is 30.3 Å². The third-order valence-electron chi connectivity index (χ3n) is 7.94. The zero-order valence-electron chi connectivity index (χ0n) is 24.5. The molecule has 0 amide bonds. The van der Waals surface area contributed by atoms with Gasteiger partial charge < -0.3 is 14.6 Å². The van der Waals surface area contributed by atoms with Gasteiger partial charge in [0, 0.05) is 16.7 Å². The maximum Gasteiger partial charge on any atom is 0.337 e. The molecule has 0 saturated carbocycles. The average molecular weight is 582 g/mol. The molecule has 0 aromatic heterocycles. The Labute approximate surface area is 241 Å². The summed E-state index contributed by atoms with van der Waals surface area (Å²) in [5.74, 6) is -0.864. The van der Waals surface area contributed by atoms with Crippen LogP contribution in [0.2, 0.25) is 0 Å². The van der Waals surface area contributed by atoms with Gasteiger partial charge in [-0.3, -0.25) is 4.31 Å². The van der Waals surface area contributed by atoms with E-state index in [1.807, 2.05) is 26.0 Å². The van der Waals surface area contributed by atoms with Gasteiger partial charge in [-0.2, -0.15) is 0 Å². The second kappa shape index (κ2) is 10.1. The van der Waals surface area contributed by atoms with Crippen molar-refractivity contribution in [2.75, 3.05) is 17.2 Å². The van der Waals surface area contributed by atoms with Crippen LogP contribution in [0, 0.1) is 26.6 Å². The highest BCUT2D eigenvalue weighted by Gasteiger charge is 2.39. The van der Waals surface area contributed by atoms with Gasteiger partial charge in [0.25, 0.3) is 0 Å². The Morgan fingerprint density at radius 2 is 1.76 bits per heavy atom. The van der Waals surface area contributed by atoms with Crippen LogP contribution in [-0.2, 0) is 32.5 Å². The first-order valence-corrected chi connectivity index (χ1v) is 15.6. The summed E-state index contributed by atoms with van der Waals surface area (Å²) in [5.41, 5.74) is 5.51. The maximum atomic E-state index is 15.6. The zero-order chi connectivity index (χ0) is 30.0. The largest absolute Gasteiger partial charge is 0.493 e. The molecular formula is C32H36FNO6S. The number of ether oxygens (including phenoxy) is 2. The molecule has 5 rings (SSSR count). The molecule has 0 unspecified atom stereocenters. The van der Waals surface area contributed by atoms with Crippen molar-refractivity contribution in [3.05, 3.63) is 69.5 Å². The molecule has 2 aliphatic heterocycles. The van der Waals surface area contributed by atoms with Gasteiger partial charge in [-0.05, 0) is 105 Å². The lowest BCUT2D eigenvalue weighted by Crippen LogP contribution is -2.35. The maximum absolute atomic E-state index is 15.6. The van der Waals surface area contributed by atoms with Gasteiger partial charge in [0.1, 0.15) is 11.6 Å². The summed E-state index contributed by atoms with van der Waals surface area (Å²) in [6, 6.07) is 8.47. The lowest BCUT2D eigenvalue weighted by atomic mass is 9.78. The molecule has 2 heterocycles. The minimum absolute atomic E-state index is 0.0644. The molecule has 41 heavy (non-hydrogen) atoms. The number of aliphatic carboxylic acids is 1. The molecule has 1 atom stereocenters. The number of halogens is 1. The summed E-state index contributed by atoms with van der Waals surface area (Å²) < 4.78 is 55.3. The predicted octanol–water partition coefficient (Wildman–Crippen LogP) is 6.63. The molecule has 7 nitrogen and oxygen atoms in total. The normalized spacial score (nSPS) is 15.5. The van der Waals surface area contributed by atoms with Crippen molar-refractivity contribution in [3.63, 3.8) is 0 Å². The smallest absolute Gasteiger partial charge is 0.337 e. The number of rotatable bonds is 5. The van der Waals surface area contributed by atoms with Gasteiger partial charge in [0.2, 0.25) is 10.0 Å². The Kier molecular flexibility index (Phi) is 7.19. The predicted molar refractivity (Wildman–Crippen MR) is 158 cm³/mol. The van der Waals surface area contributed by atoms with Gasteiger partial charge in [-0.1, -0.05) is 18.2 Å². The highest BCUT2D eigenvalue weighted by molar-refractivity contribution is 7.92. The summed E-state index contributed by atoms with van der Waals surface area (Å²) >= 11 is 0. The third kappa shape index (κ3) is 4.99. The van der Waals surface area contributed by atoms with Crippen LogP contribution in [0.5, 0.6) is 5.75 Å². The number of hydrogen-bond donors (Lipinski definition) is 1. The first-order valence-electron chi connectivity index (χ1n) is 13.7. The average Bonchev–Trinajstić information content (AvgIpc) is 2.88. The van der Waals surface area contributed by atoms with E-state index in [2.05, 4.69) is 0 Å². The molecule has 0 spiro atoms. The zero-order valence-corrected chi connectivity index (χ0v) is 25.3. The van der Waals surface area contributed by atoms with Crippen LogP contribution in [0.25, 0.3) is 22.3 Å². The quantitative estimate of drug-likeness (QED) is 0.364. The van der Waals surface area contributed by atoms with Gasteiger partial charge >= 0.3 is 5.97 Å². The number of hydrogen-bond acceptors (Lipinski definition) is 5. The van der Waals surface area contributed by atoms with Crippen LogP contribution >= 0.6 is 0 Å². The molecule has 9 heteroatoms. The lowest BCUT2D eigenvalue weighted by molar-refractivity contribution is -0.160. The third-order valence-corrected chi connectivity index (χ3v) is 9.05. The van der Waals surface area contributed by atoms with E-state index >= 15 is 4.39 Å². The Morgan fingerprint density at radius 1 is 1.05 bits per heavy atom. The number of carboxylic acids is 1. The van der Waals surface area contributed by atoms with E-state index in [1.165, 1.54) is 10.4 Å². The van der Waals surface area contributed by atoms with E-state index in [1.54, 1.807) is 39.8 Å². The van der Waals surface area contributed by atoms with Crippen LogP contribution in [-0.4, -0.2) is 38.0 Å². The van der Waals surface area contributed by atoms with Crippen molar-refractivity contribution in [1.82, 2.24) is 0 Å². The number of anilines is 1. The monoisotopic (exact) mass is 581 g/mol. The van der Waals surface area contributed by atoms with Crippen LogP contribution in [0.3, 0.4) is 0 Å². The van der Waals surface area contributed by atoms with Gasteiger partial charge in [0.05, 0.1) is 30.7 Å².